The monoisotopic (exact) mass is 760 g/mol. The summed E-state index contributed by atoms with van der Waals surface area (Å²) in [6.07, 6.45) is 0. The lowest BCUT2D eigenvalue weighted by Crippen LogP contribution is -2.31. The number of fused-ring (bicyclic) bond motifs is 12. The number of hydrogen-bond donors (Lipinski definition) is 0. The van der Waals surface area contributed by atoms with Crippen molar-refractivity contribution in [1.82, 2.24) is 15.0 Å². The van der Waals surface area contributed by atoms with Gasteiger partial charge in [0, 0.05) is 36.7 Å². The summed E-state index contributed by atoms with van der Waals surface area (Å²) >= 11 is 1.87. The molecule has 0 atom stereocenters. The van der Waals surface area contributed by atoms with Gasteiger partial charge in [0.25, 0.3) is 0 Å². The van der Waals surface area contributed by atoms with Crippen LogP contribution in [0.15, 0.2) is 164 Å². The topological polar surface area (TPSA) is 41.9 Å². The van der Waals surface area contributed by atoms with Crippen molar-refractivity contribution < 1.29 is 0 Å². The maximum absolute atomic E-state index is 5.31. The summed E-state index contributed by atoms with van der Waals surface area (Å²) in [6.45, 7) is 6.92. The largest absolute Gasteiger partial charge is 0.278 e. The van der Waals surface area contributed by atoms with Crippen molar-refractivity contribution in [3.05, 3.63) is 180 Å². The average molecular weight is 761 g/mol. The molecule has 0 aliphatic carbocycles. The highest BCUT2D eigenvalue weighted by Crippen LogP contribution is 2.55. The van der Waals surface area contributed by atoms with Gasteiger partial charge in [0.05, 0.1) is 11.4 Å². The van der Waals surface area contributed by atoms with Crippen LogP contribution in [0.5, 0.6) is 0 Å². The van der Waals surface area contributed by atoms with Gasteiger partial charge in [-0.05, 0) is 97.5 Å². The van der Waals surface area contributed by atoms with E-state index in [9.17, 15) is 0 Å². The Labute approximate surface area is 339 Å². The van der Waals surface area contributed by atoms with Crippen LogP contribution >= 0.6 is 11.3 Å². The molecule has 0 saturated carbocycles. The fourth-order valence-electron chi connectivity index (χ4n) is 9.36. The van der Waals surface area contributed by atoms with Crippen LogP contribution in [0.3, 0.4) is 0 Å². The molecule has 1 aliphatic heterocycles. The lowest BCUT2D eigenvalue weighted by Gasteiger charge is -2.41. The molecule has 2 aromatic heterocycles. The molecular weight excluding hydrogens is 725 g/mol. The molecule has 274 valence electrons. The first kappa shape index (κ1) is 33.2. The van der Waals surface area contributed by atoms with Gasteiger partial charge in [0.1, 0.15) is 0 Å². The smallest absolute Gasteiger partial charge is 0.238 e. The molecule has 9 aromatic carbocycles. The van der Waals surface area contributed by atoms with E-state index in [0.717, 1.165) is 22.5 Å². The molecule has 3 heterocycles. The molecule has 12 rings (SSSR count). The highest BCUT2D eigenvalue weighted by Gasteiger charge is 2.39. The molecule has 0 bridgehead atoms. The Balaban J connectivity index is 1.17. The zero-order valence-electron chi connectivity index (χ0n) is 32.3. The molecule has 4 nitrogen and oxygen atoms in total. The second kappa shape index (κ2) is 12.3. The minimum atomic E-state index is -0.331. The fraction of sp³-hybridized carbons (Fsp3) is 0.0755. The Morgan fingerprint density at radius 2 is 0.948 bits per heavy atom. The molecule has 0 fully saturated rings. The fourth-order valence-corrected chi connectivity index (χ4v) is 10.5. The van der Waals surface area contributed by atoms with Crippen molar-refractivity contribution >= 4 is 91.9 Å². The van der Waals surface area contributed by atoms with Crippen LogP contribution in [-0.4, -0.2) is 15.0 Å². The third-order valence-electron chi connectivity index (χ3n) is 12.3. The van der Waals surface area contributed by atoms with Crippen LogP contribution in [0.4, 0.5) is 17.3 Å². The lowest BCUT2D eigenvalue weighted by atomic mass is 9.72. The molecule has 0 radical (unpaired) electrons. The minimum absolute atomic E-state index is 0.331. The van der Waals surface area contributed by atoms with Crippen molar-refractivity contribution in [2.24, 2.45) is 0 Å². The first-order valence-electron chi connectivity index (χ1n) is 19.8. The van der Waals surface area contributed by atoms with Gasteiger partial charge in [0.2, 0.25) is 5.95 Å². The van der Waals surface area contributed by atoms with E-state index in [4.69, 9.17) is 15.0 Å². The van der Waals surface area contributed by atoms with Crippen LogP contribution in [0, 0.1) is 6.92 Å². The number of anilines is 3. The van der Waals surface area contributed by atoms with Crippen molar-refractivity contribution in [3.8, 4) is 22.8 Å². The second-order valence-corrected chi connectivity index (χ2v) is 17.2. The predicted molar refractivity (Wildman–Crippen MR) is 245 cm³/mol. The van der Waals surface area contributed by atoms with Gasteiger partial charge in [-0.15, -0.1) is 11.3 Å². The summed E-state index contributed by atoms with van der Waals surface area (Å²) in [6, 6.07) is 59.4. The van der Waals surface area contributed by atoms with Gasteiger partial charge < -0.3 is 0 Å². The maximum atomic E-state index is 5.31. The summed E-state index contributed by atoms with van der Waals surface area (Å²) < 4.78 is 2.52. The highest BCUT2D eigenvalue weighted by atomic mass is 32.1. The SMILES string of the molecule is Cc1ccc2c(c1)c1ccccc1c1cc3c(cc21)sc1cc2c(cc13)C(C)(C)c1cc3ccccc3cc1N2c1nc(-c2ccccc2)nc(-c2ccccc2)n1. The van der Waals surface area contributed by atoms with Gasteiger partial charge in [-0.25, -0.2) is 4.98 Å². The Morgan fingerprint density at radius 1 is 0.431 bits per heavy atom. The van der Waals surface area contributed by atoms with Gasteiger partial charge in [-0.2, -0.15) is 9.97 Å². The van der Waals surface area contributed by atoms with Crippen LogP contribution < -0.4 is 4.90 Å². The van der Waals surface area contributed by atoms with Crippen LogP contribution in [-0.2, 0) is 5.41 Å². The summed E-state index contributed by atoms with van der Waals surface area (Å²) in [7, 11) is 0. The van der Waals surface area contributed by atoms with E-state index in [1.165, 1.54) is 80.0 Å². The zero-order chi connectivity index (χ0) is 38.7. The predicted octanol–water partition coefficient (Wildman–Crippen LogP) is 14.6. The summed E-state index contributed by atoms with van der Waals surface area (Å²) in [5.74, 6) is 1.88. The molecule has 0 saturated heterocycles. The zero-order valence-corrected chi connectivity index (χ0v) is 33.1. The molecule has 1 aliphatic rings. The molecule has 58 heavy (non-hydrogen) atoms. The number of benzene rings is 9. The van der Waals surface area contributed by atoms with E-state index in [2.05, 4.69) is 153 Å². The van der Waals surface area contributed by atoms with Crippen LogP contribution in [0.2, 0.25) is 0 Å². The molecule has 0 N–H and O–H groups in total. The number of nitrogens with zero attached hydrogens (tertiary/aromatic N) is 4. The Kier molecular flexibility index (Phi) is 7.03. The number of aromatic nitrogens is 3. The number of rotatable bonds is 3. The van der Waals surface area contributed by atoms with Gasteiger partial charge in [-0.3, -0.25) is 4.90 Å². The number of aryl methyl sites for hydroxylation is 1. The van der Waals surface area contributed by atoms with E-state index >= 15 is 0 Å². The highest BCUT2D eigenvalue weighted by molar-refractivity contribution is 7.26. The van der Waals surface area contributed by atoms with Crippen LogP contribution in [0.1, 0.15) is 30.5 Å². The first-order chi connectivity index (χ1) is 28.4. The van der Waals surface area contributed by atoms with Gasteiger partial charge in [0.15, 0.2) is 11.6 Å². The first-order valence-corrected chi connectivity index (χ1v) is 20.7. The summed E-state index contributed by atoms with van der Waals surface area (Å²) in [5.41, 5.74) is 7.48. The Morgan fingerprint density at radius 3 is 1.64 bits per heavy atom. The maximum Gasteiger partial charge on any atom is 0.238 e. The molecule has 0 amide bonds. The average Bonchev–Trinajstić information content (AvgIpc) is 3.62. The van der Waals surface area contributed by atoms with E-state index in [1.807, 2.05) is 47.7 Å². The minimum Gasteiger partial charge on any atom is -0.278 e. The third kappa shape index (κ3) is 4.90. The molecule has 0 unspecified atom stereocenters. The molecule has 0 spiro atoms. The molecule has 5 heteroatoms. The van der Waals surface area contributed by atoms with Crippen molar-refractivity contribution in [2.75, 3.05) is 4.90 Å². The standard InChI is InChI=1S/C53H36N4S/c1-31-22-23-38-39(24-31)36-20-12-13-21-37(36)40-27-42-43-28-45-47(30-49(43)58-48(42)29-41(38)40)57(46-26-35-19-11-10-18-34(35)25-44(46)53(45,2)3)52-55-50(32-14-6-4-7-15-32)54-51(56-52)33-16-8-5-9-17-33/h4-30H,1-3H3. The summed E-state index contributed by atoms with van der Waals surface area (Å²) in [4.78, 5) is 18.0. The van der Waals surface area contributed by atoms with Crippen molar-refractivity contribution in [1.29, 1.82) is 0 Å². The van der Waals surface area contributed by atoms with E-state index in [-0.39, 0.29) is 5.41 Å². The Bertz CT molecular complexity index is 3440. The van der Waals surface area contributed by atoms with E-state index in [1.54, 1.807) is 0 Å². The number of hydrogen-bond acceptors (Lipinski definition) is 5. The van der Waals surface area contributed by atoms with Crippen LogP contribution in [0.25, 0.3) is 86.0 Å². The van der Waals surface area contributed by atoms with Crippen molar-refractivity contribution in [3.63, 3.8) is 0 Å². The van der Waals surface area contributed by atoms with Gasteiger partial charge >= 0.3 is 0 Å². The lowest BCUT2D eigenvalue weighted by molar-refractivity contribution is 0.633. The van der Waals surface area contributed by atoms with Crippen molar-refractivity contribution in [2.45, 2.75) is 26.2 Å². The quantitative estimate of drug-likeness (QED) is 0.168. The molecule has 11 aromatic rings. The summed E-state index contributed by atoms with van der Waals surface area (Å²) in [5, 5.41) is 12.7. The Hall–Kier alpha value is -6.95. The molecular formula is C53H36N4S. The van der Waals surface area contributed by atoms with Gasteiger partial charge in [-0.1, -0.05) is 147 Å². The number of thiophene rings is 1. The normalized spacial score (nSPS) is 13.5. The van der Waals surface area contributed by atoms with E-state index in [0.29, 0.717) is 17.6 Å². The van der Waals surface area contributed by atoms with E-state index < -0.39 is 0 Å². The third-order valence-corrected chi connectivity index (χ3v) is 13.4. The second-order valence-electron chi connectivity index (χ2n) is 16.1.